The number of carbonyl (C=O) groups excluding carboxylic acids is 3. The van der Waals surface area contributed by atoms with Crippen LogP contribution in [0.15, 0.2) is 33.9 Å². The lowest BCUT2D eigenvalue weighted by atomic mass is 9.84. The first-order chi connectivity index (χ1) is 17.6. The van der Waals surface area contributed by atoms with Gasteiger partial charge in [-0.2, -0.15) is 0 Å². The number of Topliss-reactive ketones (excluding diaryl/α,β-unsaturated/α-hetero) is 1. The summed E-state index contributed by atoms with van der Waals surface area (Å²) in [6.45, 7) is 4.76. The molecule has 0 spiro atoms. The standard InChI is InChI=1S/C26H37N5O5S/c1-18(2)16-21(22(34)24-28-29-25(36-24)37-15-14-30(3)4)31(17-32)26(12-6-5-7-13-26)27-23(35)19-8-10-20(33)11-9-19/h8-11,17-18,21,33H,5-7,12-16H2,1-4H3,(H,27,35). The zero-order valence-electron chi connectivity index (χ0n) is 22.0. The molecule has 1 unspecified atom stereocenters. The Kier molecular flexibility index (Phi) is 10.1. The summed E-state index contributed by atoms with van der Waals surface area (Å²) in [5.74, 6) is -0.0776. The summed E-state index contributed by atoms with van der Waals surface area (Å²) < 4.78 is 5.69. The Bertz CT molecular complexity index is 1050. The van der Waals surface area contributed by atoms with Gasteiger partial charge in [0, 0.05) is 17.9 Å². The van der Waals surface area contributed by atoms with E-state index in [0.29, 0.717) is 36.5 Å². The SMILES string of the molecule is CC(C)CC(C(=O)c1nnc(SCCN(C)C)o1)N(C=O)C1(NC(=O)c2ccc(O)cc2)CCCCC1. The molecule has 10 nitrogen and oxygen atoms in total. The number of rotatable bonds is 13. The van der Waals surface area contributed by atoms with Crippen molar-refractivity contribution in [2.24, 2.45) is 5.92 Å². The molecule has 1 aliphatic rings. The van der Waals surface area contributed by atoms with Crippen LogP contribution in [-0.4, -0.2) is 81.3 Å². The Morgan fingerprint density at radius 2 is 1.84 bits per heavy atom. The predicted octanol–water partition coefficient (Wildman–Crippen LogP) is 3.58. The van der Waals surface area contributed by atoms with E-state index in [1.54, 1.807) is 0 Å². The fourth-order valence-corrected chi connectivity index (χ4v) is 5.44. The first-order valence-corrected chi connectivity index (χ1v) is 13.6. The molecule has 1 aliphatic carbocycles. The monoisotopic (exact) mass is 531 g/mol. The highest BCUT2D eigenvalue weighted by Gasteiger charge is 2.45. The first-order valence-electron chi connectivity index (χ1n) is 12.7. The third kappa shape index (κ3) is 7.54. The van der Waals surface area contributed by atoms with Gasteiger partial charge in [0.05, 0.1) is 0 Å². The molecule has 37 heavy (non-hydrogen) atoms. The fourth-order valence-electron chi connectivity index (χ4n) is 4.57. The number of nitrogens with one attached hydrogen (secondary N) is 1. The van der Waals surface area contributed by atoms with Crippen molar-refractivity contribution in [1.29, 1.82) is 0 Å². The number of benzene rings is 1. The van der Waals surface area contributed by atoms with Crippen molar-refractivity contribution in [3.8, 4) is 5.75 Å². The number of hydrogen-bond acceptors (Lipinski definition) is 9. The Labute approximate surface area is 222 Å². The molecule has 2 N–H and O–H groups in total. The Morgan fingerprint density at radius 1 is 1.16 bits per heavy atom. The predicted molar refractivity (Wildman–Crippen MR) is 140 cm³/mol. The molecule has 1 aromatic heterocycles. The van der Waals surface area contributed by atoms with E-state index < -0.39 is 17.5 Å². The van der Waals surface area contributed by atoms with Crippen LogP contribution >= 0.6 is 11.8 Å². The third-order valence-corrected chi connectivity index (χ3v) is 7.28. The van der Waals surface area contributed by atoms with E-state index in [1.807, 2.05) is 32.8 Å². The molecule has 2 amide bonds. The number of ketones is 1. The summed E-state index contributed by atoms with van der Waals surface area (Å²) >= 11 is 1.37. The van der Waals surface area contributed by atoms with Gasteiger partial charge in [-0.15, -0.1) is 10.2 Å². The largest absolute Gasteiger partial charge is 0.508 e. The van der Waals surface area contributed by atoms with E-state index in [2.05, 4.69) is 15.5 Å². The lowest BCUT2D eigenvalue weighted by Crippen LogP contribution is -2.65. The number of nitrogens with zero attached hydrogens (tertiary/aromatic N) is 4. The molecule has 202 valence electrons. The minimum Gasteiger partial charge on any atom is -0.508 e. The third-order valence-electron chi connectivity index (χ3n) is 6.48. The summed E-state index contributed by atoms with van der Waals surface area (Å²) in [5, 5.41) is 21.0. The van der Waals surface area contributed by atoms with E-state index in [4.69, 9.17) is 4.42 Å². The topological polar surface area (TPSA) is 129 Å². The summed E-state index contributed by atoms with van der Waals surface area (Å²) in [4.78, 5) is 43.1. The van der Waals surface area contributed by atoms with Gasteiger partial charge in [0.25, 0.3) is 17.0 Å². The molecule has 0 bridgehead atoms. The quantitative estimate of drug-likeness (QED) is 0.172. The van der Waals surface area contributed by atoms with Gasteiger partial charge in [-0.3, -0.25) is 14.4 Å². The number of aromatic hydroxyl groups is 1. The second kappa shape index (κ2) is 13.0. The number of thioether (sulfide) groups is 1. The second-order valence-electron chi connectivity index (χ2n) is 10.1. The molecule has 1 saturated carbocycles. The highest BCUT2D eigenvalue weighted by Crippen LogP contribution is 2.35. The lowest BCUT2D eigenvalue weighted by molar-refractivity contribution is -0.129. The Morgan fingerprint density at radius 3 is 2.43 bits per heavy atom. The minimum absolute atomic E-state index is 0.0554. The van der Waals surface area contributed by atoms with Gasteiger partial charge in [-0.1, -0.05) is 32.0 Å². The smallest absolute Gasteiger partial charge is 0.286 e. The molecule has 1 heterocycles. The highest BCUT2D eigenvalue weighted by atomic mass is 32.2. The van der Waals surface area contributed by atoms with E-state index in [-0.39, 0.29) is 23.5 Å². The van der Waals surface area contributed by atoms with Crippen molar-refractivity contribution in [1.82, 2.24) is 25.3 Å². The van der Waals surface area contributed by atoms with Crippen LogP contribution in [0, 0.1) is 5.92 Å². The van der Waals surface area contributed by atoms with Gasteiger partial charge in [0.1, 0.15) is 17.5 Å². The van der Waals surface area contributed by atoms with E-state index in [0.717, 1.165) is 31.6 Å². The van der Waals surface area contributed by atoms with Crippen molar-refractivity contribution in [2.75, 3.05) is 26.4 Å². The van der Waals surface area contributed by atoms with Crippen molar-refractivity contribution in [2.45, 2.75) is 69.3 Å². The van der Waals surface area contributed by atoms with Crippen molar-refractivity contribution >= 4 is 29.9 Å². The van der Waals surface area contributed by atoms with Gasteiger partial charge in [0.15, 0.2) is 0 Å². The van der Waals surface area contributed by atoms with Crippen molar-refractivity contribution in [3.63, 3.8) is 0 Å². The lowest BCUT2D eigenvalue weighted by Gasteiger charge is -2.48. The maximum absolute atomic E-state index is 13.7. The molecule has 1 aromatic carbocycles. The average molecular weight is 532 g/mol. The molecule has 11 heteroatoms. The van der Waals surface area contributed by atoms with E-state index in [9.17, 15) is 19.5 Å². The van der Waals surface area contributed by atoms with Gasteiger partial charge in [-0.05, 0) is 76.4 Å². The molecular formula is C26H37N5O5S. The molecule has 0 aliphatic heterocycles. The van der Waals surface area contributed by atoms with Crippen LogP contribution in [0.3, 0.4) is 0 Å². The van der Waals surface area contributed by atoms with Crippen molar-refractivity contribution < 1.29 is 23.9 Å². The maximum atomic E-state index is 13.7. The number of phenols is 1. The van der Waals surface area contributed by atoms with Gasteiger partial charge >= 0.3 is 0 Å². The van der Waals surface area contributed by atoms with Crippen LogP contribution < -0.4 is 5.32 Å². The number of hydrogen-bond donors (Lipinski definition) is 2. The molecule has 3 rings (SSSR count). The number of amides is 2. The number of carbonyl (C=O) groups is 3. The molecule has 0 radical (unpaired) electrons. The molecule has 0 saturated heterocycles. The average Bonchev–Trinajstić information content (AvgIpc) is 3.33. The summed E-state index contributed by atoms with van der Waals surface area (Å²) in [6, 6.07) is 5.05. The summed E-state index contributed by atoms with van der Waals surface area (Å²) in [7, 11) is 3.94. The van der Waals surface area contributed by atoms with Crippen LogP contribution in [0.1, 0.15) is 73.4 Å². The van der Waals surface area contributed by atoms with Crippen LogP contribution in [0.25, 0.3) is 0 Å². The zero-order valence-corrected chi connectivity index (χ0v) is 22.8. The van der Waals surface area contributed by atoms with Gasteiger partial charge < -0.3 is 24.6 Å². The van der Waals surface area contributed by atoms with Crippen LogP contribution in [0.4, 0.5) is 0 Å². The Balaban J connectivity index is 1.89. The number of phenolic OH excluding ortho intramolecular Hbond substituents is 1. The summed E-state index contributed by atoms with van der Waals surface area (Å²) in [5.41, 5.74) is -0.676. The van der Waals surface area contributed by atoms with Crippen LogP contribution in [0.2, 0.25) is 0 Å². The first kappa shape index (κ1) is 28.6. The summed E-state index contributed by atoms with van der Waals surface area (Å²) in [6.07, 6.45) is 4.66. The molecule has 2 aromatic rings. The second-order valence-corrected chi connectivity index (χ2v) is 11.2. The van der Waals surface area contributed by atoms with Crippen molar-refractivity contribution in [3.05, 3.63) is 35.7 Å². The molecule has 1 fully saturated rings. The highest BCUT2D eigenvalue weighted by molar-refractivity contribution is 7.99. The number of aromatic nitrogens is 2. The minimum atomic E-state index is -1.03. The maximum Gasteiger partial charge on any atom is 0.286 e. The van der Waals surface area contributed by atoms with Crippen LogP contribution in [-0.2, 0) is 4.79 Å². The van der Waals surface area contributed by atoms with Gasteiger partial charge in [-0.25, -0.2) is 0 Å². The Hall–Kier alpha value is -2.92. The van der Waals surface area contributed by atoms with Crippen LogP contribution in [0.5, 0.6) is 5.75 Å². The fraction of sp³-hybridized carbons (Fsp3) is 0.577. The molecular weight excluding hydrogens is 494 g/mol. The zero-order chi connectivity index (χ0) is 27.0. The van der Waals surface area contributed by atoms with E-state index >= 15 is 0 Å². The van der Waals surface area contributed by atoms with Gasteiger partial charge in [0.2, 0.25) is 12.2 Å². The van der Waals surface area contributed by atoms with E-state index in [1.165, 1.54) is 40.9 Å². The molecule has 1 atom stereocenters. The normalized spacial score (nSPS) is 15.9.